The third-order valence-electron chi connectivity index (χ3n) is 14.5. The summed E-state index contributed by atoms with van der Waals surface area (Å²) in [5.74, 6) is -0.550. The number of unbranched alkanes of at least 4 members (excludes halogenated alkanes) is 21. The van der Waals surface area contributed by atoms with Crippen LogP contribution in [0.2, 0.25) is 0 Å². The number of rotatable bonds is 61. The van der Waals surface area contributed by atoms with E-state index in [1.54, 1.807) is 0 Å². The van der Waals surface area contributed by atoms with Crippen LogP contribution in [-0.4, -0.2) is 74.3 Å². The highest BCUT2D eigenvalue weighted by Gasteiger charge is 2.30. The Labute approximate surface area is 535 Å². The molecule has 0 spiro atoms. The van der Waals surface area contributed by atoms with Crippen molar-refractivity contribution < 1.29 is 37.3 Å². The summed E-state index contributed by atoms with van der Waals surface area (Å²) in [6.07, 6.45) is 95.3. The van der Waals surface area contributed by atoms with Crippen molar-refractivity contribution in [2.24, 2.45) is 0 Å². The van der Waals surface area contributed by atoms with Gasteiger partial charge in [0.15, 0.2) is 0 Å². The van der Waals surface area contributed by atoms with Gasteiger partial charge in [0.05, 0.1) is 33.8 Å². The second-order valence-corrected chi connectivity index (χ2v) is 25.4. The van der Waals surface area contributed by atoms with Gasteiger partial charge in [-0.05, 0) is 134 Å². The number of quaternary nitrogens is 1. The van der Waals surface area contributed by atoms with Crippen LogP contribution in [0, 0.1) is 0 Å². The molecule has 0 aliphatic rings. The first-order valence-electron chi connectivity index (χ1n) is 34.8. The second kappa shape index (κ2) is 64.6. The number of phosphoric acid groups is 1. The van der Waals surface area contributed by atoms with Crippen LogP contribution >= 0.6 is 7.82 Å². The largest absolute Gasteiger partial charge is 0.472 e. The normalized spacial score (nSPS) is 14.5. The molecule has 0 fully saturated rings. The number of carbonyl (C=O) groups is 2. The molecule has 3 unspecified atom stereocenters. The lowest BCUT2D eigenvalue weighted by Gasteiger charge is -2.27. The number of nitrogens with zero attached hydrogens (tertiary/aromatic N) is 1. The lowest BCUT2D eigenvalue weighted by atomic mass is 10.1. The number of allylic oxidation sites excluding steroid dienone is 25. The maximum Gasteiger partial charge on any atom is 0.472 e. The highest BCUT2D eigenvalue weighted by atomic mass is 31.2. The smallest absolute Gasteiger partial charge is 0.456 e. The number of phosphoric ester groups is 1. The number of likely N-dealkylation sites (N-methyl/N-ethyl adjacent to an activating group) is 1. The van der Waals surface area contributed by atoms with Gasteiger partial charge in [-0.25, -0.2) is 4.57 Å². The van der Waals surface area contributed by atoms with Gasteiger partial charge in [-0.2, -0.15) is 0 Å². The van der Waals surface area contributed by atoms with Crippen molar-refractivity contribution in [1.29, 1.82) is 0 Å². The molecule has 0 saturated carbocycles. The SMILES string of the molecule is CC/C=C\C/C=C\C/C=C\C/C=C\C/C=C\C/C=C\CCCCCCCCC(=O)NC(COP(=O)(O)OCC[N+](C)(C)C)C(/C=C/CCCCCCCCCCC)OC(=O)CCCCCCCC/C=C\C/C=C\C/C=C\C/C=C\C/C=C\C/C=C\CC. The Bertz CT molecular complexity index is 2050. The molecule has 0 aliphatic heterocycles. The topological polar surface area (TPSA) is 111 Å². The number of amides is 1. The summed E-state index contributed by atoms with van der Waals surface area (Å²) in [6.45, 7) is 6.74. The first-order chi connectivity index (χ1) is 42.4. The quantitative estimate of drug-likeness (QED) is 0.0205. The molecule has 0 saturated heterocycles. The van der Waals surface area contributed by atoms with Crippen LogP contribution in [0.3, 0.4) is 0 Å². The van der Waals surface area contributed by atoms with E-state index in [0.717, 1.165) is 180 Å². The van der Waals surface area contributed by atoms with Gasteiger partial charge in [0.2, 0.25) is 5.91 Å². The number of hydrogen-bond acceptors (Lipinski definition) is 6. The molecule has 1 amide bonds. The molecule has 0 heterocycles. The van der Waals surface area contributed by atoms with E-state index in [-0.39, 0.29) is 31.5 Å². The van der Waals surface area contributed by atoms with Crippen molar-refractivity contribution in [3.63, 3.8) is 0 Å². The standard InChI is InChI=1S/C77H129N2O7P/c1-7-10-13-16-19-22-25-27-29-31-33-35-37-39-41-43-45-47-49-51-54-57-60-63-66-69-76(80)78-74(73-85-87(82,83)84-72-71-79(4,5)6)75(68-65-62-59-56-53-24-21-18-15-12-9-3)86-77(81)70-67-64-61-58-55-52-50-48-46-44-42-40-38-36-34-32-30-28-26-23-20-17-14-11-8-2/h10-11,13-14,19-20,22-23,27-30,33-36,39-42,45-48,65,68,74-75H,7-9,12,15-18,21,24-26,31-32,37-38,43-44,49-64,66-67,69-73H2,1-6H3,(H-,78,80,82,83)/p+1/b13-10-,14-11-,22-19-,23-20-,29-27-,30-28-,35-33-,36-34-,41-39-,42-40-,47-45-,48-46-,68-65+. The van der Waals surface area contributed by atoms with Gasteiger partial charge in [0.1, 0.15) is 19.3 Å². The van der Waals surface area contributed by atoms with Crippen molar-refractivity contribution in [2.75, 3.05) is 40.9 Å². The van der Waals surface area contributed by atoms with Crippen molar-refractivity contribution >= 4 is 19.7 Å². The molecule has 0 bridgehead atoms. The van der Waals surface area contributed by atoms with Crippen molar-refractivity contribution in [3.05, 3.63) is 158 Å². The lowest BCUT2D eigenvalue weighted by Crippen LogP contribution is -2.47. The summed E-state index contributed by atoms with van der Waals surface area (Å²) in [7, 11) is 1.45. The molecule has 0 aromatic heterocycles. The van der Waals surface area contributed by atoms with E-state index >= 15 is 0 Å². The Balaban J connectivity index is 5.16. The molecule has 0 aromatic carbocycles. The molecular weight excluding hydrogens is 1100 g/mol. The average Bonchev–Trinajstić information content (AvgIpc) is 3.70. The monoisotopic (exact) mass is 1230 g/mol. The Hall–Kier alpha value is -4.37. The zero-order chi connectivity index (χ0) is 63.5. The van der Waals surface area contributed by atoms with E-state index in [9.17, 15) is 19.0 Å². The summed E-state index contributed by atoms with van der Waals surface area (Å²) in [5, 5.41) is 3.05. The van der Waals surface area contributed by atoms with Crippen LogP contribution < -0.4 is 5.32 Å². The molecule has 2 N–H and O–H groups in total. The predicted molar refractivity (Wildman–Crippen MR) is 378 cm³/mol. The number of hydrogen-bond donors (Lipinski definition) is 2. The first-order valence-corrected chi connectivity index (χ1v) is 36.3. The zero-order valence-corrected chi connectivity index (χ0v) is 57.3. The van der Waals surface area contributed by atoms with Gasteiger partial charge >= 0.3 is 13.8 Å². The van der Waals surface area contributed by atoms with Crippen molar-refractivity contribution in [2.45, 2.75) is 277 Å². The van der Waals surface area contributed by atoms with E-state index in [0.29, 0.717) is 23.9 Å². The predicted octanol–water partition coefficient (Wildman–Crippen LogP) is 22.3. The van der Waals surface area contributed by atoms with Crippen LogP contribution in [0.4, 0.5) is 0 Å². The summed E-state index contributed by atoms with van der Waals surface area (Å²) >= 11 is 0. The molecule has 0 aliphatic carbocycles. The van der Waals surface area contributed by atoms with Gasteiger partial charge in [0, 0.05) is 12.8 Å². The van der Waals surface area contributed by atoms with Crippen LogP contribution in [0.5, 0.6) is 0 Å². The Morgan fingerprint density at radius 3 is 1.10 bits per heavy atom. The minimum Gasteiger partial charge on any atom is -0.456 e. The molecule has 10 heteroatoms. The Morgan fingerprint density at radius 2 is 0.736 bits per heavy atom. The van der Waals surface area contributed by atoms with E-state index in [1.807, 2.05) is 33.3 Å². The van der Waals surface area contributed by atoms with E-state index in [2.05, 4.69) is 172 Å². The Kier molecular flexibility index (Phi) is 61.4. The third kappa shape index (κ3) is 65.9. The fourth-order valence-electron chi connectivity index (χ4n) is 9.18. The van der Waals surface area contributed by atoms with Crippen LogP contribution in [0.1, 0.15) is 265 Å². The van der Waals surface area contributed by atoms with Crippen LogP contribution in [0.15, 0.2) is 158 Å². The minimum atomic E-state index is -4.47. The van der Waals surface area contributed by atoms with E-state index < -0.39 is 20.0 Å². The van der Waals surface area contributed by atoms with Crippen LogP contribution in [-0.2, 0) is 27.9 Å². The third-order valence-corrected chi connectivity index (χ3v) is 15.4. The summed E-state index contributed by atoms with van der Waals surface area (Å²) < 4.78 is 30.8. The van der Waals surface area contributed by atoms with E-state index in [4.69, 9.17) is 13.8 Å². The van der Waals surface area contributed by atoms with Crippen molar-refractivity contribution in [3.8, 4) is 0 Å². The maximum absolute atomic E-state index is 13.6. The number of carbonyl (C=O) groups excluding carboxylic acids is 2. The second-order valence-electron chi connectivity index (χ2n) is 23.9. The fraction of sp³-hybridized carbons (Fsp3) is 0.636. The van der Waals surface area contributed by atoms with E-state index in [1.165, 1.54) is 44.9 Å². The molecule has 0 radical (unpaired) electrons. The van der Waals surface area contributed by atoms with Crippen LogP contribution in [0.25, 0.3) is 0 Å². The minimum absolute atomic E-state index is 0.0251. The molecular formula is C77H130N2O7P+. The number of nitrogens with one attached hydrogen (secondary N) is 1. The molecule has 0 aromatic rings. The van der Waals surface area contributed by atoms with Gasteiger partial charge in [-0.15, -0.1) is 0 Å². The zero-order valence-electron chi connectivity index (χ0n) is 56.4. The van der Waals surface area contributed by atoms with Crippen molar-refractivity contribution in [1.82, 2.24) is 5.32 Å². The number of esters is 1. The summed E-state index contributed by atoms with van der Waals surface area (Å²) in [4.78, 5) is 37.9. The highest BCUT2D eigenvalue weighted by Crippen LogP contribution is 2.43. The number of ether oxygens (including phenoxy) is 1. The molecule has 0 rings (SSSR count). The first kappa shape index (κ1) is 82.6. The Morgan fingerprint density at radius 1 is 0.414 bits per heavy atom. The van der Waals surface area contributed by atoms with Gasteiger partial charge in [0.25, 0.3) is 0 Å². The molecule has 9 nitrogen and oxygen atoms in total. The fourth-order valence-corrected chi connectivity index (χ4v) is 9.92. The summed E-state index contributed by atoms with van der Waals surface area (Å²) in [5.41, 5.74) is 0. The highest BCUT2D eigenvalue weighted by molar-refractivity contribution is 7.47. The van der Waals surface area contributed by atoms with Gasteiger partial charge in [-0.1, -0.05) is 275 Å². The lowest BCUT2D eigenvalue weighted by molar-refractivity contribution is -0.870. The molecule has 494 valence electrons. The van der Waals surface area contributed by atoms with Gasteiger partial charge in [-0.3, -0.25) is 18.6 Å². The molecule has 3 atom stereocenters. The average molecular weight is 1230 g/mol. The maximum atomic E-state index is 13.6. The van der Waals surface area contributed by atoms with Gasteiger partial charge < -0.3 is 19.4 Å². The summed E-state index contributed by atoms with van der Waals surface area (Å²) in [6, 6.07) is -0.876. The molecule has 87 heavy (non-hydrogen) atoms.